The minimum absolute atomic E-state index is 0.0550. The van der Waals surface area contributed by atoms with Crippen LogP contribution in [0.25, 0.3) is 0 Å². The van der Waals surface area contributed by atoms with Gasteiger partial charge in [0.05, 0.1) is 11.8 Å². The molecule has 2 nitrogen and oxygen atoms in total. The van der Waals surface area contributed by atoms with Crippen LogP contribution in [0, 0.1) is 0 Å². The van der Waals surface area contributed by atoms with Gasteiger partial charge in [-0.1, -0.05) is 24.3 Å². The molecule has 0 aliphatic rings. The zero-order valence-corrected chi connectivity index (χ0v) is 11.6. The molecule has 4 heteroatoms. The SMILES string of the molecule is O=C(CCl)CCc1cccc(CCC(=O)CCl)c1. The number of alkyl halides is 2. The molecule has 0 radical (unpaired) electrons. The van der Waals surface area contributed by atoms with Crippen molar-refractivity contribution in [3.8, 4) is 0 Å². The first-order valence-corrected chi connectivity index (χ1v) is 6.95. The van der Waals surface area contributed by atoms with Crippen molar-refractivity contribution >= 4 is 34.8 Å². The van der Waals surface area contributed by atoms with Gasteiger partial charge in [-0.25, -0.2) is 0 Å². The number of aryl methyl sites for hydroxylation is 2. The van der Waals surface area contributed by atoms with Gasteiger partial charge in [0.1, 0.15) is 11.6 Å². The van der Waals surface area contributed by atoms with Crippen molar-refractivity contribution in [3.63, 3.8) is 0 Å². The minimum atomic E-state index is 0.0550. The van der Waals surface area contributed by atoms with Crippen molar-refractivity contribution in [2.24, 2.45) is 0 Å². The van der Waals surface area contributed by atoms with E-state index in [1.54, 1.807) is 0 Å². The van der Waals surface area contributed by atoms with Crippen LogP contribution in [-0.4, -0.2) is 23.3 Å². The standard InChI is InChI=1S/C14H16Cl2O2/c15-9-13(17)6-4-11-2-1-3-12(8-11)5-7-14(18)10-16/h1-3,8H,4-7,9-10H2. The molecular weight excluding hydrogens is 271 g/mol. The summed E-state index contributed by atoms with van der Waals surface area (Å²) in [6.07, 6.45) is 2.33. The number of Topliss-reactive ketones (excluding diaryl/α,β-unsaturated/α-hetero) is 2. The average Bonchev–Trinajstić information content (AvgIpc) is 2.42. The third-order valence-electron chi connectivity index (χ3n) is 2.67. The smallest absolute Gasteiger partial charge is 0.147 e. The normalized spacial score (nSPS) is 10.3. The summed E-state index contributed by atoms with van der Waals surface area (Å²) < 4.78 is 0. The lowest BCUT2D eigenvalue weighted by molar-refractivity contribution is -0.117. The Morgan fingerprint density at radius 1 is 0.889 bits per heavy atom. The number of halogens is 2. The first-order valence-electron chi connectivity index (χ1n) is 5.89. The molecule has 0 N–H and O–H groups in total. The molecular formula is C14H16Cl2O2. The van der Waals surface area contributed by atoms with E-state index in [1.807, 2.05) is 24.3 Å². The van der Waals surface area contributed by atoms with Gasteiger partial charge in [-0.3, -0.25) is 9.59 Å². The molecule has 1 aromatic carbocycles. The summed E-state index contributed by atoms with van der Waals surface area (Å²) in [6, 6.07) is 7.94. The Morgan fingerprint density at radius 2 is 1.33 bits per heavy atom. The largest absolute Gasteiger partial charge is 0.298 e. The molecule has 0 bridgehead atoms. The van der Waals surface area contributed by atoms with Crippen molar-refractivity contribution in [1.82, 2.24) is 0 Å². The van der Waals surface area contributed by atoms with Crippen LogP contribution in [-0.2, 0) is 22.4 Å². The molecule has 0 fully saturated rings. The molecule has 0 unspecified atom stereocenters. The summed E-state index contributed by atoms with van der Waals surface area (Å²) in [6.45, 7) is 0. The lowest BCUT2D eigenvalue weighted by atomic mass is 10.0. The summed E-state index contributed by atoms with van der Waals surface area (Å²) in [4.78, 5) is 22.3. The van der Waals surface area contributed by atoms with Gasteiger partial charge in [-0.2, -0.15) is 0 Å². The fourth-order valence-electron chi connectivity index (χ4n) is 1.64. The Labute approximate surface area is 117 Å². The zero-order chi connectivity index (χ0) is 13.4. The topological polar surface area (TPSA) is 34.1 Å². The van der Waals surface area contributed by atoms with E-state index in [-0.39, 0.29) is 23.3 Å². The summed E-state index contributed by atoms with van der Waals surface area (Å²) in [5, 5.41) is 0. The van der Waals surface area contributed by atoms with Crippen LogP contribution < -0.4 is 0 Å². The monoisotopic (exact) mass is 286 g/mol. The van der Waals surface area contributed by atoms with Crippen LogP contribution in [0.4, 0.5) is 0 Å². The van der Waals surface area contributed by atoms with Crippen LogP contribution in [0.15, 0.2) is 24.3 Å². The molecule has 0 saturated carbocycles. The maximum absolute atomic E-state index is 11.1. The Kier molecular flexibility index (Phi) is 6.99. The predicted octanol–water partition coefficient (Wildman–Crippen LogP) is 3.17. The molecule has 0 heterocycles. The highest BCUT2D eigenvalue weighted by Crippen LogP contribution is 2.10. The molecule has 0 aliphatic carbocycles. The van der Waals surface area contributed by atoms with Gasteiger partial charge in [-0.15, -0.1) is 23.2 Å². The van der Waals surface area contributed by atoms with E-state index in [0.29, 0.717) is 25.7 Å². The van der Waals surface area contributed by atoms with E-state index in [1.165, 1.54) is 0 Å². The fourth-order valence-corrected chi connectivity index (χ4v) is 1.91. The Balaban J connectivity index is 2.51. The number of ketones is 2. The summed E-state index contributed by atoms with van der Waals surface area (Å²) in [5.41, 5.74) is 2.20. The number of hydrogen-bond acceptors (Lipinski definition) is 2. The molecule has 0 aromatic heterocycles. The van der Waals surface area contributed by atoms with E-state index < -0.39 is 0 Å². The maximum atomic E-state index is 11.1. The van der Waals surface area contributed by atoms with Gasteiger partial charge in [0.2, 0.25) is 0 Å². The fraction of sp³-hybridized carbons (Fsp3) is 0.429. The minimum Gasteiger partial charge on any atom is -0.298 e. The molecule has 0 aliphatic heterocycles. The van der Waals surface area contributed by atoms with Gasteiger partial charge in [0, 0.05) is 12.8 Å². The van der Waals surface area contributed by atoms with Crippen molar-refractivity contribution < 1.29 is 9.59 Å². The van der Waals surface area contributed by atoms with Gasteiger partial charge in [0.25, 0.3) is 0 Å². The second kappa shape index (κ2) is 8.28. The van der Waals surface area contributed by atoms with Gasteiger partial charge >= 0.3 is 0 Å². The number of carbonyl (C=O) groups is 2. The molecule has 0 atom stereocenters. The lowest BCUT2D eigenvalue weighted by Gasteiger charge is -2.04. The Morgan fingerprint density at radius 3 is 1.72 bits per heavy atom. The highest BCUT2D eigenvalue weighted by molar-refractivity contribution is 6.27. The van der Waals surface area contributed by atoms with Crippen LogP contribution in [0.1, 0.15) is 24.0 Å². The number of rotatable bonds is 8. The van der Waals surface area contributed by atoms with E-state index in [4.69, 9.17) is 23.2 Å². The first kappa shape index (κ1) is 15.2. The first-order chi connectivity index (χ1) is 8.65. The Hall–Kier alpha value is -0.860. The van der Waals surface area contributed by atoms with Gasteiger partial charge < -0.3 is 0 Å². The second-order valence-corrected chi connectivity index (χ2v) is 4.70. The van der Waals surface area contributed by atoms with Crippen molar-refractivity contribution in [1.29, 1.82) is 0 Å². The molecule has 0 saturated heterocycles. The summed E-state index contributed by atoms with van der Waals surface area (Å²) in [7, 11) is 0. The highest BCUT2D eigenvalue weighted by Gasteiger charge is 2.04. The number of benzene rings is 1. The number of carbonyl (C=O) groups excluding carboxylic acids is 2. The van der Waals surface area contributed by atoms with Crippen LogP contribution >= 0.6 is 23.2 Å². The molecule has 18 heavy (non-hydrogen) atoms. The van der Waals surface area contributed by atoms with E-state index in [2.05, 4.69) is 0 Å². The van der Waals surface area contributed by atoms with Gasteiger partial charge in [-0.05, 0) is 24.0 Å². The van der Waals surface area contributed by atoms with E-state index in [0.717, 1.165) is 11.1 Å². The zero-order valence-electron chi connectivity index (χ0n) is 10.1. The van der Waals surface area contributed by atoms with Crippen molar-refractivity contribution in [3.05, 3.63) is 35.4 Å². The van der Waals surface area contributed by atoms with Crippen molar-refractivity contribution in [2.75, 3.05) is 11.8 Å². The predicted molar refractivity (Wildman–Crippen MR) is 74.5 cm³/mol. The highest BCUT2D eigenvalue weighted by atomic mass is 35.5. The Bertz CT molecular complexity index is 381. The molecule has 98 valence electrons. The van der Waals surface area contributed by atoms with Crippen LogP contribution in [0.3, 0.4) is 0 Å². The third kappa shape index (κ3) is 5.65. The molecule has 1 rings (SSSR count). The lowest BCUT2D eigenvalue weighted by Crippen LogP contribution is -2.03. The van der Waals surface area contributed by atoms with E-state index in [9.17, 15) is 9.59 Å². The summed E-state index contributed by atoms with van der Waals surface area (Å²) in [5.74, 6) is 0.257. The van der Waals surface area contributed by atoms with E-state index >= 15 is 0 Å². The second-order valence-electron chi connectivity index (χ2n) is 4.16. The van der Waals surface area contributed by atoms with Crippen LogP contribution in [0.2, 0.25) is 0 Å². The number of hydrogen-bond donors (Lipinski definition) is 0. The maximum Gasteiger partial charge on any atom is 0.147 e. The quantitative estimate of drug-likeness (QED) is 0.688. The molecule has 0 amide bonds. The summed E-state index contributed by atoms with van der Waals surface area (Å²) >= 11 is 10.9. The average molecular weight is 287 g/mol. The van der Waals surface area contributed by atoms with Crippen molar-refractivity contribution in [2.45, 2.75) is 25.7 Å². The third-order valence-corrected chi connectivity index (χ3v) is 3.27. The molecule has 1 aromatic rings. The van der Waals surface area contributed by atoms with Gasteiger partial charge in [0.15, 0.2) is 0 Å². The molecule has 0 spiro atoms. The van der Waals surface area contributed by atoms with Crippen LogP contribution in [0.5, 0.6) is 0 Å².